The number of carbonyl (C=O) groups is 1. The molecular formula is C11H15BrN2OS. The second-order valence-corrected chi connectivity index (χ2v) is 6.45. The van der Waals surface area contributed by atoms with Crippen LogP contribution in [0.3, 0.4) is 0 Å². The van der Waals surface area contributed by atoms with Crippen LogP contribution in [0.4, 0.5) is 0 Å². The highest BCUT2D eigenvalue weighted by Crippen LogP contribution is 2.27. The lowest BCUT2D eigenvalue weighted by atomic mass is 10.1. The molecule has 16 heavy (non-hydrogen) atoms. The molecule has 1 aliphatic heterocycles. The zero-order chi connectivity index (χ0) is 11.5. The summed E-state index contributed by atoms with van der Waals surface area (Å²) in [4.78, 5) is 12.7. The average molecular weight is 303 g/mol. The van der Waals surface area contributed by atoms with Crippen LogP contribution in [0.2, 0.25) is 0 Å². The Morgan fingerprint density at radius 2 is 2.50 bits per heavy atom. The Morgan fingerprint density at radius 3 is 3.06 bits per heavy atom. The maximum absolute atomic E-state index is 11.9. The molecule has 0 spiro atoms. The molecule has 3 nitrogen and oxygen atoms in total. The lowest BCUT2D eigenvalue weighted by molar-refractivity contribution is 0.0935. The van der Waals surface area contributed by atoms with Gasteiger partial charge in [-0.1, -0.05) is 0 Å². The summed E-state index contributed by atoms with van der Waals surface area (Å²) in [5, 5.41) is 6.35. The van der Waals surface area contributed by atoms with E-state index >= 15 is 0 Å². The van der Waals surface area contributed by atoms with Crippen LogP contribution in [0.15, 0.2) is 9.85 Å². The van der Waals surface area contributed by atoms with Gasteiger partial charge in [-0.05, 0) is 53.9 Å². The summed E-state index contributed by atoms with van der Waals surface area (Å²) in [6, 6.07) is 2.21. The zero-order valence-electron chi connectivity index (χ0n) is 9.18. The first-order chi connectivity index (χ1) is 7.66. The minimum atomic E-state index is 0.0486. The molecule has 1 aromatic rings. The van der Waals surface area contributed by atoms with Gasteiger partial charge in [-0.15, -0.1) is 11.3 Å². The second kappa shape index (κ2) is 5.29. The van der Waals surface area contributed by atoms with Crippen molar-refractivity contribution in [2.24, 2.45) is 0 Å². The molecule has 1 atom stereocenters. The van der Waals surface area contributed by atoms with E-state index in [9.17, 15) is 4.79 Å². The number of hydrogen-bond donors (Lipinski definition) is 2. The number of rotatable bonds is 2. The second-order valence-electron chi connectivity index (χ2n) is 4.08. The molecule has 2 N–H and O–H groups in total. The zero-order valence-corrected chi connectivity index (χ0v) is 11.6. The molecule has 0 saturated carbocycles. The quantitative estimate of drug-likeness (QED) is 0.880. The molecule has 0 aromatic carbocycles. The molecule has 1 fully saturated rings. The Morgan fingerprint density at radius 1 is 1.69 bits per heavy atom. The van der Waals surface area contributed by atoms with E-state index in [1.54, 1.807) is 0 Å². The van der Waals surface area contributed by atoms with Crippen LogP contribution in [0, 0.1) is 6.92 Å². The van der Waals surface area contributed by atoms with Crippen LogP contribution >= 0.6 is 27.3 Å². The fourth-order valence-electron chi connectivity index (χ4n) is 1.80. The van der Waals surface area contributed by atoms with E-state index in [2.05, 4.69) is 26.6 Å². The fourth-order valence-corrected chi connectivity index (χ4v) is 3.24. The van der Waals surface area contributed by atoms with Gasteiger partial charge < -0.3 is 10.6 Å². The molecule has 2 heterocycles. The van der Waals surface area contributed by atoms with Crippen molar-refractivity contribution in [2.75, 3.05) is 13.1 Å². The lowest BCUT2D eigenvalue weighted by Crippen LogP contribution is -2.45. The van der Waals surface area contributed by atoms with Crippen LogP contribution in [0.1, 0.15) is 28.1 Å². The predicted octanol–water partition coefficient (Wildman–Crippen LogP) is 2.30. The Balaban J connectivity index is 1.96. The SMILES string of the molecule is Cc1cc(C(=O)N[C@H]2CCCNC2)sc1Br. The molecule has 2 rings (SSSR count). The van der Waals surface area contributed by atoms with Crippen molar-refractivity contribution >= 4 is 33.2 Å². The number of hydrogen-bond acceptors (Lipinski definition) is 3. The number of nitrogens with one attached hydrogen (secondary N) is 2. The van der Waals surface area contributed by atoms with Gasteiger partial charge in [0.2, 0.25) is 0 Å². The highest BCUT2D eigenvalue weighted by Gasteiger charge is 2.17. The van der Waals surface area contributed by atoms with Crippen LogP contribution in [0.5, 0.6) is 0 Å². The van der Waals surface area contributed by atoms with Gasteiger partial charge in [0.15, 0.2) is 0 Å². The third kappa shape index (κ3) is 2.84. The maximum atomic E-state index is 11.9. The molecule has 1 amide bonds. The highest BCUT2D eigenvalue weighted by molar-refractivity contribution is 9.11. The van der Waals surface area contributed by atoms with E-state index in [0.717, 1.165) is 40.2 Å². The summed E-state index contributed by atoms with van der Waals surface area (Å²) in [7, 11) is 0. The number of aryl methyl sites for hydroxylation is 1. The topological polar surface area (TPSA) is 41.1 Å². The van der Waals surface area contributed by atoms with Crippen LogP contribution in [-0.2, 0) is 0 Å². The van der Waals surface area contributed by atoms with Crippen molar-refractivity contribution in [1.82, 2.24) is 10.6 Å². The number of piperidine rings is 1. The first-order valence-electron chi connectivity index (χ1n) is 5.44. The predicted molar refractivity (Wildman–Crippen MR) is 70.1 cm³/mol. The minimum absolute atomic E-state index is 0.0486. The summed E-state index contributed by atoms with van der Waals surface area (Å²) in [6.45, 7) is 3.95. The molecule has 88 valence electrons. The van der Waals surface area contributed by atoms with Gasteiger partial charge in [0.05, 0.1) is 8.66 Å². The van der Waals surface area contributed by atoms with Gasteiger partial charge in [0, 0.05) is 12.6 Å². The van der Waals surface area contributed by atoms with Crippen molar-refractivity contribution in [3.8, 4) is 0 Å². The molecule has 0 bridgehead atoms. The summed E-state index contributed by atoms with van der Waals surface area (Å²) >= 11 is 4.93. The standard InChI is InChI=1S/C11H15BrN2OS/c1-7-5-9(16-10(7)12)11(15)14-8-3-2-4-13-6-8/h5,8,13H,2-4,6H2,1H3,(H,14,15)/t8-/m0/s1. The van der Waals surface area contributed by atoms with E-state index in [4.69, 9.17) is 0 Å². The van der Waals surface area contributed by atoms with Crippen molar-refractivity contribution in [3.63, 3.8) is 0 Å². The Hall–Kier alpha value is -0.390. The molecular weight excluding hydrogens is 288 g/mol. The number of halogens is 1. The lowest BCUT2D eigenvalue weighted by Gasteiger charge is -2.23. The van der Waals surface area contributed by atoms with E-state index in [1.807, 2.05) is 13.0 Å². The summed E-state index contributed by atoms with van der Waals surface area (Å²) in [6.07, 6.45) is 2.21. The Labute approximate surface area is 108 Å². The van der Waals surface area contributed by atoms with Gasteiger partial charge in [0.25, 0.3) is 5.91 Å². The molecule has 0 aliphatic carbocycles. The first kappa shape index (κ1) is 12.1. The van der Waals surface area contributed by atoms with E-state index < -0.39 is 0 Å². The van der Waals surface area contributed by atoms with Gasteiger partial charge in [-0.2, -0.15) is 0 Å². The first-order valence-corrected chi connectivity index (χ1v) is 7.05. The summed E-state index contributed by atoms with van der Waals surface area (Å²) < 4.78 is 1.04. The summed E-state index contributed by atoms with van der Waals surface area (Å²) in [5.41, 5.74) is 1.12. The van der Waals surface area contributed by atoms with Crippen molar-refractivity contribution in [3.05, 3.63) is 20.3 Å². The van der Waals surface area contributed by atoms with Crippen LogP contribution in [0.25, 0.3) is 0 Å². The number of amides is 1. The highest BCUT2D eigenvalue weighted by atomic mass is 79.9. The molecule has 5 heteroatoms. The normalized spacial score (nSPS) is 20.8. The van der Waals surface area contributed by atoms with Crippen LogP contribution < -0.4 is 10.6 Å². The van der Waals surface area contributed by atoms with Gasteiger partial charge in [-0.3, -0.25) is 4.79 Å². The summed E-state index contributed by atoms with van der Waals surface area (Å²) in [5.74, 6) is 0.0486. The minimum Gasteiger partial charge on any atom is -0.347 e. The largest absolute Gasteiger partial charge is 0.347 e. The molecule has 1 saturated heterocycles. The van der Waals surface area contributed by atoms with Crippen molar-refractivity contribution < 1.29 is 4.79 Å². The molecule has 0 unspecified atom stereocenters. The smallest absolute Gasteiger partial charge is 0.261 e. The molecule has 1 aliphatic rings. The van der Waals surface area contributed by atoms with Crippen molar-refractivity contribution in [1.29, 1.82) is 0 Å². The third-order valence-electron chi connectivity index (χ3n) is 2.71. The Bertz CT molecular complexity index is 366. The Kier molecular flexibility index (Phi) is 4.00. The van der Waals surface area contributed by atoms with E-state index in [-0.39, 0.29) is 11.9 Å². The van der Waals surface area contributed by atoms with E-state index in [1.165, 1.54) is 11.3 Å². The average Bonchev–Trinajstić information content (AvgIpc) is 2.61. The van der Waals surface area contributed by atoms with Gasteiger partial charge in [0.1, 0.15) is 0 Å². The molecule has 1 aromatic heterocycles. The van der Waals surface area contributed by atoms with Crippen molar-refractivity contribution in [2.45, 2.75) is 25.8 Å². The molecule has 0 radical (unpaired) electrons. The monoisotopic (exact) mass is 302 g/mol. The van der Waals surface area contributed by atoms with Gasteiger partial charge in [-0.25, -0.2) is 0 Å². The number of thiophene rings is 1. The third-order valence-corrected chi connectivity index (χ3v) is 4.85. The van der Waals surface area contributed by atoms with Gasteiger partial charge >= 0.3 is 0 Å². The fraction of sp³-hybridized carbons (Fsp3) is 0.545. The van der Waals surface area contributed by atoms with E-state index in [0.29, 0.717) is 0 Å². The maximum Gasteiger partial charge on any atom is 0.261 e. The van der Waals surface area contributed by atoms with Crippen LogP contribution in [-0.4, -0.2) is 25.0 Å². The number of carbonyl (C=O) groups excluding carboxylic acids is 1.